The topological polar surface area (TPSA) is 113 Å². The summed E-state index contributed by atoms with van der Waals surface area (Å²) < 4.78 is 11.4. The van der Waals surface area contributed by atoms with Crippen molar-refractivity contribution >= 4 is 29.6 Å². The molecule has 0 aliphatic carbocycles. The second-order valence-electron chi connectivity index (χ2n) is 12.0. The second kappa shape index (κ2) is 16.0. The number of allylic oxidation sites excluding steroid dienone is 3. The van der Waals surface area contributed by atoms with Gasteiger partial charge in [0, 0.05) is 44.4 Å². The van der Waals surface area contributed by atoms with E-state index in [0.717, 1.165) is 28.8 Å². The lowest BCUT2D eigenvalue weighted by molar-refractivity contribution is -0.121. The largest absolute Gasteiger partial charge is 0.508 e. The Hall–Kier alpha value is -4.24. The Bertz CT molecular complexity index is 1390. The first-order valence-corrected chi connectivity index (χ1v) is 15.4. The van der Waals surface area contributed by atoms with Gasteiger partial charge >= 0.3 is 6.09 Å². The molecular weight excluding hydrogens is 556 g/mol. The molecule has 9 heteroatoms. The summed E-state index contributed by atoms with van der Waals surface area (Å²) in [5, 5.41) is 13.1. The highest BCUT2D eigenvalue weighted by molar-refractivity contribution is 6.12. The first kappa shape index (κ1) is 32.7. The minimum absolute atomic E-state index is 0.0792. The predicted molar refractivity (Wildman–Crippen MR) is 174 cm³/mol. The number of amidine groups is 1. The van der Waals surface area contributed by atoms with E-state index in [-0.39, 0.29) is 30.5 Å². The third kappa shape index (κ3) is 10.5. The molecule has 2 N–H and O–H groups in total. The van der Waals surface area contributed by atoms with Crippen molar-refractivity contribution in [3.8, 4) is 5.75 Å². The van der Waals surface area contributed by atoms with Crippen molar-refractivity contribution in [3.63, 3.8) is 0 Å². The molecule has 0 saturated carbocycles. The number of hydrogen-bond acceptors (Lipinski definition) is 7. The number of aromatic hydroxyl groups is 1. The van der Waals surface area contributed by atoms with Gasteiger partial charge in [0.1, 0.15) is 17.2 Å². The van der Waals surface area contributed by atoms with Gasteiger partial charge in [-0.3, -0.25) is 14.7 Å². The lowest BCUT2D eigenvalue weighted by atomic mass is 9.94. The summed E-state index contributed by atoms with van der Waals surface area (Å²) in [5.74, 6) is 0.732. The van der Waals surface area contributed by atoms with Crippen LogP contribution < -0.4 is 5.32 Å². The van der Waals surface area contributed by atoms with Crippen LogP contribution in [-0.4, -0.2) is 65.9 Å². The van der Waals surface area contributed by atoms with Crippen molar-refractivity contribution in [2.45, 2.75) is 65.1 Å². The molecule has 2 aliphatic rings. The molecule has 1 unspecified atom stereocenters. The molecule has 0 spiro atoms. The minimum Gasteiger partial charge on any atom is -0.508 e. The Balaban J connectivity index is 1.41. The van der Waals surface area contributed by atoms with Crippen LogP contribution in [0, 0.1) is 5.92 Å². The molecule has 44 heavy (non-hydrogen) atoms. The zero-order valence-electron chi connectivity index (χ0n) is 26.0. The van der Waals surface area contributed by atoms with Crippen molar-refractivity contribution in [1.82, 2.24) is 10.2 Å². The van der Waals surface area contributed by atoms with E-state index >= 15 is 0 Å². The minimum atomic E-state index is -0.701. The van der Waals surface area contributed by atoms with Crippen LogP contribution in [0.25, 0.3) is 5.57 Å². The lowest BCUT2D eigenvalue weighted by Crippen LogP contribution is -2.41. The van der Waals surface area contributed by atoms with E-state index in [1.54, 1.807) is 18.2 Å². The number of nitrogens with zero attached hydrogens (tertiary/aromatic N) is 3. The van der Waals surface area contributed by atoms with E-state index in [1.807, 2.05) is 69.5 Å². The van der Waals surface area contributed by atoms with Crippen LogP contribution in [0.15, 0.2) is 82.4 Å². The summed E-state index contributed by atoms with van der Waals surface area (Å²) in [7, 11) is 0. The summed E-state index contributed by atoms with van der Waals surface area (Å²) in [6.45, 7) is 8.03. The molecule has 2 aliphatic heterocycles. The standard InChI is InChI=1S/C35H44N4O5/c1-35(2,3)44-34(42)39(20-8-14-33(41)37-18-9-21-43-25-27-10-5-4-6-11-27)32-16-15-26-17-19-36-24-30(31(22-26)38-32)28-12-7-13-29(40)23-28/h4-7,10-13,15-16,23-24,26,40H,8-9,14,17-22,25H2,1-3H3,(H,37,41). The van der Waals surface area contributed by atoms with Crippen LogP contribution >= 0.6 is 0 Å². The van der Waals surface area contributed by atoms with Gasteiger partial charge in [-0.15, -0.1) is 0 Å². The maximum absolute atomic E-state index is 13.4. The Kier molecular flexibility index (Phi) is 11.9. The van der Waals surface area contributed by atoms with E-state index in [9.17, 15) is 14.7 Å². The average molecular weight is 601 g/mol. The maximum atomic E-state index is 13.4. The first-order valence-electron chi connectivity index (χ1n) is 15.4. The number of carbonyl (C=O) groups is 2. The van der Waals surface area contributed by atoms with Crippen molar-refractivity contribution in [3.05, 3.63) is 83.6 Å². The van der Waals surface area contributed by atoms with Crippen LogP contribution in [0.4, 0.5) is 4.79 Å². The molecule has 1 atom stereocenters. The van der Waals surface area contributed by atoms with Crippen LogP contribution in [0.1, 0.15) is 64.0 Å². The Morgan fingerprint density at radius 2 is 1.91 bits per heavy atom. The number of phenols is 1. The van der Waals surface area contributed by atoms with Gasteiger partial charge in [0.15, 0.2) is 0 Å². The molecule has 0 fully saturated rings. The van der Waals surface area contributed by atoms with Gasteiger partial charge in [-0.2, -0.15) is 0 Å². The monoisotopic (exact) mass is 600 g/mol. The molecule has 2 aromatic rings. The number of phenolic OH excluding ortho intramolecular Hbond substituents is 1. The predicted octanol–water partition coefficient (Wildman–Crippen LogP) is 6.29. The number of amides is 2. The molecule has 2 aromatic carbocycles. The normalized spacial score (nSPS) is 16.4. The Morgan fingerprint density at radius 1 is 1.09 bits per heavy atom. The van der Waals surface area contributed by atoms with Gasteiger partial charge in [0.25, 0.3) is 0 Å². The molecule has 2 amide bonds. The molecule has 0 aromatic heterocycles. The summed E-state index contributed by atoms with van der Waals surface area (Å²) in [4.78, 5) is 37.1. The molecular formula is C35H44N4O5. The van der Waals surface area contributed by atoms with E-state index in [2.05, 4.69) is 16.4 Å². The van der Waals surface area contributed by atoms with Gasteiger partial charge in [-0.25, -0.2) is 9.79 Å². The second-order valence-corrected chi connectivity index (χ2v) is 12.0. The molecule has 4 rings (SSSR count). The van der Waals surface area contributed by atoms with E-state index in [4.69, 9.17) is 14.5 Å². The highest BCUT2D eigenvalue weighted by Crippen LogP contribution is 2.31. The SMILES string of the molecule is CC(C)(C)OC(=O)N(CCCC(=O)NCCCOCc1ccccc1)C1=NC2=C(c3cccc(O)c3)C=NCCC(C=C1)C2. The Morgan fingerprint density at radius 3 is 2.68 bits per heavy atom. The number of benzene rings is 2. The fourth-order valence-corrected chi connectivity index (χ4v) is 4.93. The van der Waals surface area contributed by atoms with E-state index in [1.165, 1.54) is 4.90 Å². The smallest absolute Gasteiger partial charge is 0.416 e. The van der Waals surface area contributed by atoms with Crippen LogP contribution in [-0.2, 0) is 20.9 Å². The number of carbonyl (C=O) groups excluding carboxylic acids is 2. The van der Waals surface area contributed by atoms with Crippen molar-refractivity contribution in [2.75, 3.05) is 26.2 Å². The zero-order valence-corrected chi connectivity index (χ0v) is 26.0. The summed E-state index contributed by atoms with van der Waals surface area (Å²) >= 11 is 0. The van der Waals surface area contributed by atoms with Gasteiger partial charge in [0.05, 0.1) is 12.3 Å². The van der Waals surface area contributed by atoms with E-state index < -0.39 is 11.7 Å². The van der Waals surface area contributed by atoms with E-state index in [0.29, 0.717) is 51.4 Å². The van der Waals surface area contributed by atoms with Crippen molar-refractivity contribution in [1.29, 1.82) is 0 Å². The number of rotatable bonds is 11. The number of aliphatic imine (C=N–C) groups is 2. The molecule has 2 heterocycles. The van der Waals surface area contributed by atoms with Crippen LogP contribution in [0.5, 0.6) is 5.75 Å². The fraction of sp³-hybridized carbons (Fsp3) is 0.429. The number of fused-ring (bicyclic) bond motifs is 2. The molecule has 234 valence electrons. The third-order valence-electron chi connectivity index (χ3n) is 7.12. The van der Waals surface area contributed by atoms with Crippen molar-refractivity contribution < 1.29 is 24.2 Å². The quantitative estimate of drug-likeness (QED) is 0.294. The number of ether oxygens (including phenoxy) is 2. The fourth-order valence-electron chi connectivity index (χ4n) is 4.93. The average Bonchev–Trinajstić information content (AvgIpc) is 3.19. The van der Waals surface area contributed by atoms with Crippen LogP contribution in [0.2, 0.25) is 0 Å². The summed E-state index contributed by atoms with van der Waals surface area (Å²) in [6.07, 6.45) is 8.19. The van der Waals surface area contributed by atoms with Gasteiger partial charge in [-0.05, 0) is 81.7 Å². The highest BCUT2D eigenvalue weighted by Gasteiger charge is 2.27. The van der Waals surface area contributed by atoms with Gasteiger partial charge < -0.3 is 19.9 Å². The number of hydrogen-bond donors (Lipinski definition) is 2. The first-order chi connectivity index (χ1) is 21.2. The van der Waals surface area contributed by atoms with Gasteiger partial charge in [-0.1, -0.05) is 48.5 Å². The third-order valence-corrected chi connectivity index (χ3v) is 7.12. The van der Waals surface area contributed by atoms with Crippen molar-refractivity contribution in [2.24, 2.45) is 15.9 Å². The van der Waals surface area contributed by atoms with Gasteiger partial charge in [0.2, 0.25) is 5.91 Å². The summed E-state index contributed by atoms with van der Waals surface area (Å²) in [6, 6.07) is 17.0. The maximum Gasteiger partial charge on any atom is 0.416 e. The highest BCUT2D eigenvalue weighted by atomic mass is 16.6. The molecule has 2 bridgehead atoms. The Labute approximate surface area is 260 Å². The molecule has 0 radical (unpaired) electrons. The van der Waals surface area contributed by atoms with Crippen LogP contribution in [0.3, 0.4) is 0 Å². The lowest BCUT2D eigenvalue weighted by Gasteiger charge is -2.27. The zero-order chi connectivity index (χ0) is 31.4. The molecule has 9 nitrogen and oxygen atoms in total. The molecule has 0 saturated heterocycles. The summed E-state index contributed by atoms with van der Waals surface area (Å²) in [5.41, 5.74) is 2.82. The number of nitrogens with one attached hydrogen (secondary N) is 1.